The van der Waals surface area contributed by atoms with Crippen molar-refractivity contribution in [2.24, 2.45) is 5.73 Å². The Morgan fingerprint density at radius 2 is 2.00 bits per heavy atom. The van der Waals surface area contributed by atoms with Crippen molar-refractivity contribution in [3.05, 3.63) is 42.5 Å². The third-order valence-electron chi connectivity index (χ3n) is 3.28. The molecule has 0 aliphatic rings. The number of nitrogens with two attached hydrogens (primary N) is 1. The molecule has 1 heterocycles. The number of ether oxygens (including phenoxy) is 1. The molecule has 2 rings (SSSR count). The Labute approximate surface area is 119 Å². The van der Waals surface area contributed by atoms with Crippen molar-refractivity contribution in [1.29, 1.82) is 0 Å². The number of aromatic nitrogens is 2. The lowest BCUT2D eigenvalue weighted by Gasteiger charge is -2.21. The molecule has 0 fully saturated rings. The van der Waals surface area contributed by atoms with E-state index in [1.165, 1.54) is 0 Å². The molecule has 0 aliphatic heterocycles. The van der Waals surface area contributed by atoms with Gasteiger partial charge in [0.1, 0.15) is 5.75 Å². The van der Waals surface area contributed by atoms with Gasteiger partial charge in [0.15, 0.2) is 0 Å². The van der Waals surface area contributed by atoms with Crippen LogP contribution < -0.4 is 15.8 Å². The van der Waals surface area contributed by atoms with Crippen LogP contribution >= 0.6 is 0 Å². The molecule has 0 amide bonds. The van der Waals surface area contributed by atoms with Gasteiger partial charge in [0.25, 0.3) is 0 Å². The van der Waals surface area contributed by atoms with E-state index in [-0.39, 0.29) is 6.04 Å². The third-order valence-corrected chi connectivity index (χ3v) is 3.28. The molecule has 5 nitrogen and oxygen atoms in total. The molecule has 1 aromatic carbocycles. The molecule has 0 aliphatic carbocycles. The third kappa shape index (κ3) is 3.11. The summed E-state index contributed by atoms with van der Waals surface area (Å²) >= 11 is 0. The first-order chi connectivity index (χ1) is 9.65. The Balaban J connectivity index is 2.17. The summed E-state index contributed by atoms with van der Waals surface area (Å²) in [6.45, 7) is 4.77. The first kappa shape index (κ1) is 14.4. The van der Waals surface area contributed by atoms with Gasteiger partial charge in [-0.15, -0.1) is 0 Å². The molecule has 1 atom stereocenters. The van der Waals surface area contributed by atoms with Crippen molar-refractivity contribution in [2.45, 2.75) is 25.9 Å². The molecule has 20 heavy (non-hydrogen) atoms. The van der Waals surface area contributed by atoms with Crippen LogP contribution in [-0.2, 0) is 0 Å². The minimum atomic E-state index is 0.0355. The van der Waals surface area contributed by atoms with Crippen LogP contribution in [0.1, 0.15) is 31.6 Å². The Bertz CT molecular complexity index is 533. The van der Waals surface area contributed by atoms with Crippen molar-refractivity contribution < 1.29 is 4.74 Å². The Morgan fingerprint density at radius 3 is 2.55 bits per heavy atom. The Morgan fingerprint density at radius 1 is 1.30 bits per heavy atom. The highest BCUT2D eigenvalue weighted by atomic mass is 16.5. The smallest absolute Gasteiger partial charge is 0.119 e. The maximum atomic E-state index is 5.91. The molecular weight excluding hydrogens is 252 g/mol. The van der Waals surface area contributed by atoms with Crippen molar-refractivity contribution in [3.8, 4) is 5.75 Å². The monoisotopic (exact) mass is 274 g/mol. The zero-order chi connectivity index (χ0) is 14.5. The average Bonchev–Trinajstić information content (AvgIpc) is 2.95. The largest absolute Gasteiger partial charge is 0.497 e. The molecule has 0 radical (unpaired) electrons. The van der Waals surface area contributed by atoms with Gasteiger partial charge in [0, 0.05) is 18.3 Å². The number of methoxy groups -OCH3 is 1. The number of benzene rings is 1. The summed E-state index contributed by atoms with van der Waals surface area (Å²) in [7, 11) is 1.66. The number of rotatable bonds is 6. The first-order valence-corrected chi connectivity index (χ1v) is 6.78. The summed E-state index contributed by atoms with van der Waals surface area (Å²) < 4.78 is 7.29. The SMILES string of the molecule is COc1ccc(NC(CN)c2cncn2C(C)C)cc1. The molecule has 3 N–H and O–H groups in total. The number of hydrogen-bond acceptors (Lipinski definition) is 4. The molecule has 0 spiro atoms. The van der Waals surface area contributed by atoms with Gasteiger partial charge >= 0.3 is 0 Å². The van der Waals surface area contributed by atoms with Crippen molar-refractivity contribution in [3.63, 3.8) is 0 Å². The van der Waals surface area contributed by atoms with Crippen LogP contribution in [0, 0.1) is 0 Å². The van der Waals surface area contributed by atoms with Gasteiger partial charge in [-0.25, -0.2) is 4.98 Å². The lowest BCUT2D eigenvalue weighted by atomic mass is 10.2. The maximum Gasteiger partial charge on any atom is 0.119 e. The molecule has 1 aromatic heterocycles. The van der Waals surface area contributed by atoms with Gasteiger partial charge in [-0.1, -0.05) is 0 Å². The van der Waals surface area contributed by atoms with Gasteiger partial charge in [0.2, 0.25) is 0 Å². The van der Waals surface area contributed by atoms with Gasteiger partial charge in [0.05, 0.1) is 31.4 Å². The first-order valence-electron chi connectivity index (χ1n) is 6.78. The Kier molecular flexibility index (Phi) is 4.63. The molecule has 108 valence electrons. The van der Waals surface area contributed by atoms with E-state index in [0.717, 1.165) is 17.1 Å². The van der Waals surface area contributed by atoms with Crippen molar-refractivity contribution >= 4 is 5.69 Å². The quantitative estimate of drug-likeness (QED) is 0.849. The molecule has 1 unspecified atom stereocenters. The minimum absolute atomic E-state index is 0.0355. The zero-order valence-corrected chi connectivity index (χ0v) is 12.2. The number of hydrogen-bond donors (Lipinski definition) is 2. The van der Waals surface area contributed by atoms with Crippen molar-refractivity contribution in [1.82, 2.24) is 9.55 Å². The van der Waals surface area contributed by atoms with Gasteiger partial charge < -0.3 is 20.4 Å². The summed E-state index contributed by atoms with van der Waals surface area (Å²) in [6, 6.07) is 8.22. The molecule has 0 bridgehead atoms. The second-order valence-corrected chi connectivity index (χ2v) is 4.98. The van der Waals surface area contributed by atoms with Gasteiger partial charge in [-0.05, 0) is 38.1 Å². The number of anilines is 1. The summed E-state index contributed by atoms with van der Waals surface area (Å²) in [5, 5.41) is 3.44. The molecule has 0 saturated heterocycles. The van der Waals surface area contributed by atoms with E-state index >= 15 is 0 Å². The van der Waals surface area contributed by atoms with Gasteiger partial charge in [-0.2, -0.15) is 0 Å². The normalized spacial score (nSPS) is 12.4. The van der Waals surface area contributed by atoms with Gasteiger partial charge in [-0.3, -0.25) is 0 Å². The highest BCUT2D eigenvalue weighted by Gasteiger charge is 2.15. The van der Waals surface area contributed by atoms with E-state index in [9.17, 15) is 0 Å². The summed E-state index contributed by atoms with van der Waals surface area (Å²) in [4.78, 5) is 4.23. The lowest BCUT2D eigenvalue weighted by molar-refractivity contribution is 0.415. The van der Waals surface area contributed by atoms with E-state index in [4.69, 9.17) is 10.5 Å². The molecule has 0 saturated carbocycles. The predicted octanol–water partition coefficient (Wildman–Crippen LogP) is 2.58. The van der Waals surface area contributed by atoms with E-state index in [1.807, 2.05) is 36.8 Å². The Hall–Kier alpha value is -2.01. The number of imidazole rings is 1. The fourth-order valence-electron chi connectivity index (χ4n) is 2.16. The highest BCUT2D eigenvalue weighted by Crippen LogP contribution is 2.22. The van der Waals surface area contributed by atoms with Crippen LogP contribution in [0.5, 0.6) is 5.75 Å². The second kappa shape index (κ2) is 6.43. The predicted molar refractivity (Wildman–Crippen MR) is 81.0 cm³/mol. The molecular formula is C15H22N4O. The number of nitrogens with zero attached hydrogens (tertiary/aromatic N) is 2. The van der Waals surface area contributed by atoms with Crippen LogP contribution in [0.2, 0.25) is 0 Å². The zero-order valence-electron chi connectivity index (χ0n) is 12.2. The molecule has 5 heteroatoms. The van der Waals surface area contributed by atoms with Crippen LogP contribution in [0.4, 0.5) is 5.69 Å². The fraction of sp³-hybridized carbons (Fsp3) is 0.400. The van der Waals surface area contributed by atoms with Crippen LogP contribution in [0.3, 0.4) is 0 Å². The fourth-order valence-corrected chi connectivity index (χ4v) is 2.16. The van der Waals surface area contributed by atoms with Crippen LogP contribution in [0.25, 0.3) is 0 Å². The second-order valence-electron chi connectivity index (χ2n) is 4.98. The standard InChI is InChI=1S/C15H22N4O/c1-11(2)19-10-17-9-15(19)14(8-16)18-12-4-6-13(20-3)7-5-12/h4-7,9-11,14,18H,8,16H2,1-3H3. The van der Waals surface area contributed by atoms with E-state index in [1.54, 1.807) is 7.11 Å². The molecule has 2 aromatic rings. The highest BCUT2D eigenvalue weighted by molar-refractivity contribution is 5.48. The van der Waals surface area contributed by atoms with Crippen LogP contribution in [-0.4, -0.2) is 23.2 Å². The summed E-state index contributed by atoms with van der Waals surface area (Å²) in [5.41, 5.74) is 8.02. The number of nitrogens with one attached hydrogen (secondary N) is 1. The lowest BCUT2D eigenvalue weighted by Crippen LogP contribution is -2.23. The average molecular weight is 274 g/mol. The van der Waals surface area contributed by atoms with E-state index in [0.29, 0.717) is 12.6 Å². The maximum absolute atomic E-state index is 5.91. The minimum Gasteiger partial charge on any atom is -0.497 e. The van der Waals surface area contributed by atoms with Crippen LogP contribution in [0.15, 0.2) is 36.8 Å². The topological polar surface area (TPSA) is 65.1 Å². The van der Waals surface area contributed by atoms with E-state index < -0.39 is 0 Å². The summed E-state index contributed by atoms with van der Waals surface area (Å²) in [5.74, 6) is 0.840. The van der Waals surface area contributed by atoms with E-state index in [2.05, 4.69) is 28.7 Å². The summed E-state index contributed by atoms with van der Waals surface area (Å²) in [6.07, 6.45) is 3.71. The van der Waals surface area contributed by atoms with Crippen molar-refractivity contribution in [2.75, 3.05) is 19.0 Å².